The van der Waals surface area contributed by atoms with Gasteiger partial charge in [0.15, 0.2) is 0 Å². The van der Waals surface area contributed by atoms with Gasteiger partial charge in [0.1, 0.15) is 0 Å². The largest absolute Gasteiger partial charge is 0.318 e. The third kappa shape index (κ3) is 1.56. The number of rotatable bonds is 2. The van der Waals surface area contributed by atoms with Crippen molar-refractivity contribution in [3.8, 4) is 0 Å². The van der Waals surface area contributed by atoms with Crippen molar-refractivity contribution in [2.45, 2.75) is 24.9 Å². The Kier molecular flexibility index (Phi) is 2.67. The second-order valence-corrected chi connectivity index (χ2v) is 4.83. The van der Waals surface area contributed by atoms with Crippen molar-refractivity contribution in [1.29, 1.82) is 0 Å². The summed E-state index contributed by atoms with van der Waals surface area (Å²) in [5.74, 6) is 0.724. The summed E-state index contributed by atoms with van der Waals surface area (Å²) < 4.78 is 0. The molecule has 1 fully saturated rings. The highest BCUT2D eigenvalue weighted by Crippen LogP contribution is 2.38. The first-order valence-corrected chi connectivity index (χ1v) is 6.13. The van der Waals surface area contributed by atoms with Crippen molar-refractivity contribution in [1.82, 2.24) is 16.2 Å². The minimum Gasteiger partial charge on any atom is -0.318 e. The highest BCUT2D eigenvalue weighted by atomic mass is 15.4. The van der Waals surface area contributed by atoms with Crippen LogP contribution in [0.2, 0.25) is 0 Å². The maximum Gasteiger partial charge on any atom is 0.0509 e. The number of nitrogens with one attached hydrogen (secondary N) is 3. The predicted octanol–water partition coefficient (Wildman–Crippen LogP) is 0.986. The zero-order chi connectivity index (χ0) is 11.0. The number of hydrogen-bond acceptors (Lipinski definition) is 3. The topological polar surface area (TPSA) is 36.1 Å². The Morgan fingerprint density at radius 3 is 3.06 bits per heavy atom. The molecule has 0 spiro atoms. The van der Waals surface area contributed by atoms with Gasteiger partial charge >= 0.3 is 0 Å². The smallest absolute Gasteiger partial charge is 0.0509 e. The molecule has 3 heteroatoms. The van der Waals surface area contributed by atoms with Crippen LogP contribution in [-0.2, 0) is 6.42 Å². The van der Waals surface area contributed by atoms with E-state index in [1.165, 1.54) is 24.0 Å². The lowest BCUT2D eigenvalue weighted by atomic mass is 9.78. The number of likely N-dealkylation sites (N-methyl/N-ethyl adjacent to an activating group) is 1. The van der Waals surface area contributed by atoms with Crippen molar-refractivity contribution in [3.05, 3.63) is 35.4 Å². The number of hydrazine groups is 1. The van der Waals surface area contributed by atoms with Crippen LogP contribution in [0.4, 0.5) is 0 Å². The summed E-state index contributed by atoms with van der Waals surface area (Å²) in [4.78, 5) is 0. The van der Waals surface area contributed by atoms with E-state index < -0.39 is 0 Å². The molecule has 1 saturated heterocycles. The van der Waals surface area contributed by atoms with Gasteiger partial charge in [-0.25, -0.2) is 5.43 Å². The third-order valence-electron chi connectivity index (χ3n) is 3.93. The zero-order valence-electron chi connectivity index (χ0n) is 9.66. The van der Waals surface area contributed by atoms with E-state index in [4.69, 9.17) is 0 Å². The molecule has 0 amide bonds. The van der Waals surface area contributed by atoms with E-state index in [2.05, 4.69) is 40.4 Å². The van der Waals surface area contributed by atoms with Crippen molar-refractivity contribution in [2.24, 2.45) is 5.92 Å². The second-order valence-electron chi connectivity index (χ2n) is 4.83. The molecule has 1 aromatic rings. The third-order valence-corrected chi connectivity index (χ3v) is 3.93. The fraction of sp³-hybridized carbons (Fsp3) is 0.538. The van der Waals surface area contributed by atoms with Crippen LogP contribution in [0.25, 0.3) is 0 Å². The Bertz CT molecular complexity index is 377. The predicted molar refractivity (Wildman–Crippen MR) is 65.0 cm³/mol. The summed E-state index contributed by atoms with van der Waals surface area (Å²) in [6.45, 7) is 1.04. The number of benzene rings is 1. The Labute approximate surface area is 96.6 Å². The van der Waals surface area contributed by atoms with Crippen molar-refractivity contribution in [3.63, 3.8) is 0 Å². The van der Waals surface area contributed by atoms with E-state index >= 15 is 0 Å². The number of hydrogen-bond donors (Lipinski definition) is 3. The van der Waals surface area contributed by atoms with Gasteiger partial charge in [-0.1, -0.05) is 24.3 Å². The summed E-state index contributed by atoms with van der Waals surface area (Å²) in [7, 11) is 2.02. The molecular weight excluding hydrogens is 198 g/mol. The van der Waals surface area contributed by atoms with Gasteiger partial charge in [0, 0.05) is 12.6 Å². The SMILES string of the molecule is CNCC1NNC2c3ccccc3CCC12. The van der Waals surface area contributed by atoms with Crippen molar-refractivity contribution >= 4 is 0 Å². The lowest BCUT2D eigenvalue weighted by Gasteiger charge is -2.29. The molecule has 1 aromatic carbocycles. The first-order valence-electron chi connectivity index (χ1n) is 6.13. The quantitative estimate of drug-likeness (QED) is 0.691. The molecule has 2 aliphatic rings. The van der Waals surface area contributed by atoms with Gasteiger partial charge in [-0.15, -0.1) is 0 Å². The Morgan fingerprint density at radius 2 is 2.19 bits per heavy atom. The first-order chi connectivity index (χ1) is 7.90. The van der Waals surface area contributed by atoms with E-state index in [1.807, 2.05) is 7.05 Å². The van der Waals surface area contributed by atoms with Crippen LogP contribution in [0.1, 0.15) is 23.6 Å². The molecule has 0 bridgehead atoms. The van der Waals surface area contributed by atoms with Crippen LogP contribution in [0.3, 0.4) is 0 Å². The zero-order valence-corrected chi connectivity index (χ0v) is 9.66. The van der Waals surface area contributed by atoms with E-state index in [0.717, 1.165) is 12.5 Å². The van der Waals surface area contributed by atoms with Crippen molar-refractivity contribution < 1.29 is 0 Å². The van der Waals surface area contributed by atoms with Crippen LogP contribution in [0.15, 0.2) is 24.3 Å². The molecule has 3 atom stereocenters. The van der Waals surface area contributed by atoms with Gasteiger partial charge < -0.3 is 5.32 Å². The van der Waals surface area contributed by atoms with Gasteiger partial charge in [0.25, 0.3) is 0 Å². The monoisotopic (exact) mass is 217 g/mol. The Balaban J connectivity index is 1.87. The lowest BCUT2D eigenvalue weighted by molar-refractivity contribution is 0.363. The molecule has 3 rings (SSSR count). The first kappa shape index (κ1) is 10.3. The Hall–Kier alpha value is -0.900. The minimum absolute atomic E-state index is 0.503. The molecular formula is C13H19N3. The van der Waals surface area contributed by atoms with Crippen LogP contribution in [0.5, 0.6) is 0 Å². The van der Waals surface area contributed by atoms with Crippen LogP contribution >= 0.6 is 0 Å². The molecule has 0 saturated carbocycles. The second kappa shape index (κ2) is 4.17. The molecule has 3 N–H and O–H groups in total. The molecule has 0 aromatic heterocycles. The van der Waals surface area contributed by atoms with Gasteiger partial charge in [-0.2, -0.15) is 0 Å². The lowest BCUT2D eigenvalue weighted by Crippen LogP contribution is -2.39. The molecule has 3 unspecified atom stereocenters. The van der Waals surface area contributed by atoms with Crippen molar-refractivity contribution in [2.75, 3.05) is 13.6 Å². The fourth-order valence-electron chi connectivity index (χ4n) is 3.13. The molecule has 0 radical (unpaired) electrons. The van der Waals surface area contributed by atoms with E-state index in [1.54, 1.807) is 0 Å². The average molecular weight is 217 g/mol. The molecule has 16 heavy (non-hydrogen) atoms. The van der Waals surface area contributed by atoms with Gasteiger partial charge in [0.05, 0.1) is 6.04 Å². The van der Waals surface area contributed by atoms with Gasteiger partial charge in [-0.3, -0.25) is 5.43 Å². The van der Waals surface area contributed by atoms with Gasteiger partial charge in [-0.05, 0) is 36.9 Å². The van der Waals surface area contributed by atoms with Gasteiger partial charge in [0.2, 0.25) is 0 Å². The minimum atomic E-state index is 0.503. The highest BCUT2D eigenvalue weighted by Gasteiger charge is 2.39. The normalized spacial score (nSPS) is 32.2. The molecule has 1 aliphatic carbocycles. The standard InChI is InChI=1S/C13H19N3/c1-14-8-12-11-7-6-9-4-2-3-5-10(9)13(11)16-15-12/h2-5,11-16H,6-8H2,1H3. The molecule has 1 heterocycles. The summed E-state index contributed by atoms with van der Waals surface area (Å²) >= 11 is 0. The highest BCUT2D eigenvalue weighted by molar-refractivity contribution is 5.34. The average Bonchev–Trinajstić information content (AvgIpc) is 2.73. The molecule has 3 nitrogen and oxygen atoms in total. The number of fused-ring (bicyclic) bond motifs is 3. The maximum atomic E-state index is 3.46. The van der Waals surface area contributed by atoms with E-state index in [-0.39, 0.29) is 0 Å². The van der Waals surface area contributed by atoms with Crippen LogP contribution < -0.4 is 16.2 Å². The van der Waals surface area contributed by atoms with Crippen LogP contribution in [-0.4, -0.2) is 19.6 Å². The summed E-state index contributed by atoms with van der Waals surface area (Å²) in [6.07, 6.45) is 2.51. The summed E-state index contributed by atoms with van der Waals surface area (Å²) in [5.41, 5.74) is 9.89. The number of aryl methyl sites for hydroxylation is 1. The fourth-order valence-corrected chi connectivity index (χ4v) is 3.13. The Morgan fingerprint density at radius 1 is 1.31 bits per heavy atom. The summed E-state index contributed by atoms with van der Waals surface area (Å²) in [6, 6.07) is 9.88. The molecule has 1 aliphatic heterocycles. The molecule has 86 valence electrons. The maximum absolute atomic E-state index is 3.46. The van der Waals surface area contributed by atoms with E-state index in [9.17, 15) is 0 Å². The van der Waals surface area contributed by atoms with Crippen LogP contribution in [0, 0.1) is 5.92 Å². The summed E-state index contributed by atoms with van der Waals surface area (Å²) in [5, 5.41) is 3.26. The van der Waals surface area contributed by atoms with E-state index in [0.29, 0.717) is 12.1 Å².